The third kappa shape index (κ3) is 5.11. The lowest BCUT2D eigenvalue weighted by atomic mass is 10.1. The first-order valence-electron chi connectivity index (χ1n) is 5.56. The third-order valence-corrected chi connectivity index (χ3v) is 2.48. The van der Waals surface area contributed by atoms with Crippen LogP contribution in [-0.2, 0) is 4.74 Å². The fourth-order valence-electron chi connectivity index (χ4n) is 1.23. The molecule has 1 aromatic rings. The monoisotopic (exact) mass is 266 g/mol. The lowest BCUT2D eigenvalue weighted by Gasteiger charge is -2.07. The van der Waals surface area contributed by atoms with E-state index in [0.717, 1.165) is 17.0 Å². The molecule has 0 fully saturated rings. The molecule has 0 atom stereocenters. The standard InChI is InChI=1S/C12H18N4OS/c1-9(10-3-5-11(13)6-4-10)15-16-12(18)14-7-8-17-2/h3-6H,7-8,13H2,1-2H3,(H2,14,16,18)/b15-9-. The van der Waals surface area contributed by atoms with Crippen molar-refractivity contribution in [2.45, 2.75) is 6.92 Å². The van der Waals surface area contributed by atoms with Crippen molar-refractivity contribution in [1.29, 1.82) is 0 Å². The number of hydrazone groups is 1. The van der Waals surface area contributed by atoms with Gasteiger partial charge in [-0.25, -0.2) is 0 Å². The molecule has 18 heavy (non-hydrogen) atoms. The predicted molar refractivity (Wildman–Crippen MR) is 78.7 cm³/mol. The molecule has 0 bridgehead atoms. The minimum atomic E-state index is 0.474. The fourth-order valence-corrected chi connectivity index (χ4v) is 1.38. The van der Waals surface area contributed by atoms with E-state index in [1.54, 1.807) is 7.11 Å². The molecule has 0 saturated carbocycles. The zero-order valence-electron chi connectivity index (χ0n) is 10.6. The summed E-state index contributed by atoms with van der Waals surface area (Å²) in [5.74, 6) is 0. The SMILES string of the molecule is COCCNC(=S)N/N=C(/C)c1ccc(N)cc1. The Hall–Kier alpha value is -1.66. The smallest absolute Gasteiger partial charge is 0.187 e. The van der Waals surface area contributed by atoms with Crippen molar-refractivity contribution in [3.63, 3.8) is 0 Å². The van der Waals surface area contributed by atoms with E-state index >= 15 is 0 Å². The topological polar surface area (TPSA) is 71.7 Å². The number of anilines is 1. The molecule has 0 spiro atoms. The molecule has 0 aliphatic carbocycles. The second-order valence-electron chi connectivity index (χ2n) is 3.68. The number of hydrogen-bond donors (Lipinski definition) is 3. The van der Waals surface area contributed by atoms with Crippen LogP contribution in [0.2, 0.25) is 0 Å². The van der Waals surface area contributed by atoms with Gasteiger partial charge in [0.25, 0.3) is 0 Å². The van der Waals surface area contributed by atoms with Crippen LogP contribution in [0.25, 0.3) is 0 Å². The molecule has 0 heterocycles. The summed E-state index contributed by atoms with van der Waals surface area (Å²) in [4.78, 5) is 0. The predicted octanol–water partition coefficient (Wildman–Crippen LogP) is 1.10. The van der Waals surface area contributed by atoms with Crippen LogP contribution in [0.3, 0.4) is 0 Å². The Morgan fingerprint density at radius 3 is 2.67 bits per heavy atom. The lowest BCUT2D eigenvalue weighted by Crippen LogP contribution is -2.34. The molecule has 98 valence electrons. The highest BCUT2D eigenvalue weighted by molar-refractivity contribution is 7.80. The number of nitrogen functional groups attached to an aromatic ring is 1. The molecule has 0 aliphatic rings. The van der Waals surface area contributed by atoms with E-state index in [9.17, 15) is 0 Å². The van der Waals surface area contributed by atoms with Crippen LogP contribution in [0, 0.1) is 0 Å². The van der Waals surface area contributed by atoms with Crippen molar-refractivity contribution < 1.29 is 4.74 Å². The molecular formula is C12H18N4OS. The fraction of sp³-hybridized carbons (Fsp3) is 0.333. The van der Waals surface area contributed by atoms with E-state index in [1.165, 1.54) is 0 Å². The average Bonchev–Trinajstić information content (AvgIpc) is 2.37. The zero-order valence-corrected chi connectivity index (χ0v) is 11.4. The van der Waals surface area contributed by atoms with Gasteiger partial charge in [-0.2, -0.15) is 5.10 Å². The summed E-state index contributed by atoms with van der Waals surface area (Å²) < 4.78 is 4.90. The average molecular weight is 266 g/mol. The first-order chi connectivity index (χ1) is 8.63. The number of rotatable bonds is 5. The molecule has 0 aromatic heterocycles. The van der Waals surface area contributed by atoms with Gasteiger partial charge in [-0.3, -0.25) is 5.43 Å². The van der Waals surface area contributed by atoms with Crippen LogP contribution in [0.5, 0.6) is 0 Å². The van der Waals surface area contributed by atoms with Crippen LogP contribution in [0.15, 0.2) is 29.4 Å². The Morgan fingerprint density at radius 2 is 2.06 bits per heavy atom. The number of nitrogens with two attached hydrogens (primary N) is 1. The molecule has 6 heteroatoms. The summed E-state index contributed by atoms with van der Waals surface area (Å²) in [7, 11) is 1.64. The van der Waals surface area contributed by atoms with Crippen molar-refractivity contribution in [1.82, 2.24) is 10.7 Å². The zero-order chi connectivity index (χ0) is 13.4. The van der Waals surface area contributed by atoms with E-state index in [4.69, 9.17) is 22.7 Å². The highest BCUT2D eigenvalue weighted by atomic mass is 32.1. The summed E-state index contributed by atoms with van der Waals surface area (Å²) >= 11 is 5.05. The van der Waals surface area contributed by atoms with E-state index in [-0.39, 0.29) is 0 Å². The van der Waals surface area contributed by atoms with Crippen molar-refractivity contribution in [3.05, 3.63) is 29.8 Å². The largest absolute Gasteiger partial charge is 0.399 e. The summed E-state index contributed by atoms with van der Waals surface area (Å²) in [6, 6.07) is 7.50. The van der Waals surface area contributed by atoms with E-state index in [2.05, 4.69) is 15.8 Å². The number of nitrogens with zero attached hydrogens (tertiary/aromatic N) is 1. The summed E-state index contributed by atoms with van der Waals surface area (Å²) in [5.41, 5.74) is 11.0. The molecule has 5 nitrogen and oxygen atoms in total. The number of ether oxygens (including phenoxy) is 1. The second-order valence-corrected chi connectivity index (χ2v) is 4.09. The lowest BCUT2D eigenvalue weighted by molar-refractivity contribution is 0.204. The van der Waals surface area contributed by atoms with Gasteiger partial charge in [0, 0.05) is 19.3 Å². The Labute approximate surface area is 112 Å². The van der Waals surface area contributed by atoms with Gasteiger partial charge in [0.05, 0.1) is 12.3 Å². The van der Waals surface area contributed by atoms with Gasteiger partial charge in [-0.05, 0) is 36.8 Å². The molecule has 0 unspecified atom stereocenters. The number of thiocarbonyl (C=S) groups is 1. The number of benzene rings is 1. The molecule has 0 amide bonds. The first kappa shape index (κ1) is 14.4. The normalized spacial score (nSPS) is 11.1. The first-order valence-corrected chi connectivity index (χ1v) is 5.97. The van der Waals surface area contributed by atoms with Gasteiger partial charge in [0.15, 0.2) is 5.11 Å². The number of methoxy groups -OCH3 is 1. The van der Waals surface area contributed by atoms with Crippen LogP contribution in [0.1, 0.15) is 12.5 Å². The molecule has 1 rings (SSSR count). The maximum Gasteiger partial charge on any atom is 0.187 e. The van der Waals surface area contributed by atoms with Gasteiger partial charge in [0.1, 0.15) is 0 Å². The molecule has 1 aromatic carbocycles. The highest BCUT2D eigenvalue weighted by Crippen LogP contribution is 2.06. The highest BCUT2D eigenvalue weighted by Gasteiger charge is 1.98. The Morgan fingerprint density at radius 1 is 1.39 bits per heavy atom. The summed E-state index contributed by atoms with van der Waals surface area (Å²) in [5, 5.41) is 7.63. The van der Waals surface area contributed by atoms with E-state index < -0.39 is 0 Å². The van der Waals surface area contributed by atoms with Gasteiger partial charge >= 0.3 is 0 Å². The second kappa shape index (κ2) is 7.62. The van der Waals surface area contributed by atoms with Crippen molar-refractivity contribution in [2.24, 2.45) is 5.10 Å². The number of nitrogens with one attached hydrogen (secondary N) is 2. The van der Waals surface area contributed by atoms with Crippen molar-refractivity contribution in [2.75, 3.05) is 26.0 Å². The van der Waals surface area contributed by atoms with Gasteiger partial charge in [0.2, 0.25) is 0 Å². The third-order valence-electron chi connectivity index (χ3n) is 2.25. The van der Waals surface area contributed by atoms with Gasteiger partial charge < -0.3 is 15.8 Å². The van der Waals surface area contributed by atoms with Crippen LogP contribution in [0.4, 0.5) is 5.69 Å². The van der Waals surface area contributed by atoms with E-state index in [1.807, 2.05) is 31.2 Å². The minimum Gasteiger partial charge on any atom is -0.399 e. The molecule has 0 radical (unpaired) electrons. The van der Waals surface area contributed by atoms with Crippen molar-refractivity contribution >= 4 is 28.7 Å². The molecule has 4 N–H and O–H groups in total. The van der Waals surface area contributed by atoms with Crippen LogP contribution < -0.4 is 16.5 Å². The van der Waals surface area contributed by atoms with Gasteiger partial charge in [-0.1, -0.05) is 12.1 Å². The maximum absolute atomic E-state index is 5.62. The maximum atomic E-state index is 5.62. The Balaban J connectivity index is 2.46. The molecular weight excluding hydrogens is 248 g/mol. The van der Waals surface area contributed by atoms with Gasteiger partial charge in [-0.15, -0.1) is 0 Å². The van der Waals surface area contributed by atoms with E-state index in [0.29, 0.717) is 18.3 Å². The summed E-state index contributed by atoms with van der Waals surface area (Å²) in [6.07, 6.45) is 0. The Bertz CT molecular complexity index is 417. The van der Waals surface area contributed by atoms with Crippen LogP contribution in [-0.4, -0.2) is 31.1 Å². The van der Waals surface area contributed by atoms with Crippen molar-refractivity contribution in [3.8, 4) is 0 Å². The molecule has 0 saturated heterocycles. The quantitative estimate of drug-likeness (QED) is 0.245. The minimum absolute atomic E-state index is 0.474. The summed E-state index contributed by atoms with van der Waals surface area (Å²) in [6.45, 7) is 3.15. The van der Waals surface area contributed by atoms with Crippen LogP contribution >= 0.6 is 12.2 Å². The Kier molecular flexibility index (Phi) is 6.10. The molecule has 0 aliphatic heterocycles. The number of hydrogen-bond acceptors (Lipinski definition) is 4.